The van der Waals surface area contributed by atoms with Crippen LogP contribution >= 0.6 is 12.2 Å². The number of piperazine rings is 1. The zero-order valence-electron chi connectivity index (χ0n) is 16.2. The Morgan fingerprint density at radius 2 is 1.75 bits per heavy atom. The Kier molecular flexibility index (Phi) is 5.40. The molecule has 3 aromatic rings. The first-order valence-electron chi connectivity index (χ1n) is 9.32. The van der Waals surface area contributed by atoms with Gasteiger partial charge in [-0.15, -0.1) is 0 Å². The summed E-state index contributed by atoms with van der Waals surface area (Å²) in [5.74, 6) is 1.78. The van der Waals surface area contributed by atoms with Gasteiger partial charge in [-0.25, -0.2) is 4.68 Å². The minimum atomic E-state index is 0.692. The molecule has 0 amide bonds. The average Bonchev–Trinajstić information content (AvgIpc) is 3.03. The van der Waals surface area contributed by atoms with Gasteiger partial charge in [0, 0.05) is 51.2 Å². The van der Waals surface area contributed by atoms with E-state index in [1.54, 1.807) is 19.5 Å². The predicted octanol–water partition coefficient (Wildman–Crippen LogP) is 2.80. The van der Waals surface area contributed by atoms with Crippen LogP contribution in [0, 0.1) is 4.77 Å². The van der Waals surface area contributed by atoms with Crippen molar-refractivity contribution in [2.24, 2.45) is 7.05 Å². The van der Waals surface area contributed by atoms with Gasteiger partial charge in [0.1, 0.15) is 5.75 Å². The molecule has 0 N–H and O–H groups in total. The number of aromatic nitrogens is 4. The number of benzene rings is 1. The first-order chi connectivity index (χ1) is 13.7. The van der Waals surface area contributed by atoms with Crippen LogP contribution in [-0.4, -0.2) is 57.5 Å². The fraction of sp³-hybridized carbons (Fsp3) is 0.350. The van der Waals surface area contributed by atoms with E-state index in [0.29, 0.717) is 6.67 Å². The molecule has 0 unspecified atom stereocenters. The van der Waals surface area contributed by atoms with Crippen LogP contribution in [0.1, 0.15) is 0 Å². The number of para-hydroxylation sites is 2. The maximum Gasteiger partial charge on any atom is 0.199 e. The van der Waals surface area contributed by atoms with E-state index in [2.05, 4.69) is 26.9 Å². The second kappa shape index (κ2) is 8.12. The van der Waals surface area contributed by atoms with Crippen LogP contribution in [0.15, 0.2) is 48.8 Å². The van der Waals surface area contributed by atoms with Crippen molar-refractivity contribution in [3.8, 4) is 17.1 Å². The van der Waals surface area contributed by atoms with Gasteiger partial charge in [-0.2, -0.15) is 5.10 Å². The van der Waals surface area contributed by atoms with Gasteiger partial charge in [0.2, 0.25) is 0 Å². The normalized spacial score (nSPS) is 15.0. The second-order valence-corrected chi connectivity index (χ2v) is 7.18. The Labute approximate surface area is 169 Å². The largest absolute Gasteiger partial charge is 0.495 e. The Morgan fingerprint density at radius 1 is 1.04 bits per heavy atom. The van der Waals surface area contributed by atoms with E-state index in [1.807, 2.05) is 40.6 Å². The maximum atomic E-state index is 5.61. The van der Waals surface area contributed by atoms with Crippen LogP contribution in [-0.2, 0) is 13.7 Å². The summed E-state index contributed by atoms with van der Waals surface area (Å²) >= 11 is 5.61. The molecule has 28 heavy (non-hydrogen) atoms. The van der Waals surface area contributed by atoms with Gasteiger partial charge in [-0.3, -0.25) is 9.88 Å². The molecule has 0 bridgehead atoms. The van der Waals surface area contributed by atoms with Crippen molar-refractivity contribution >= 4 is 17.9 Å². The van der Waals surface area contributed by atoms with Crippen molar-refractivity contribution < 1.29 is 4.74 Å². The smallest absolute Gasteiger partial charge is 0.199 e. The second-order valence-electron chi connectivity index (χ2n) is 6.82. The van der Waals surface area contributed by atoms with E-state index >= 15 is 0 Å². The summed E-state index contributed by atoms with van der Waals surface area (Å²) in [5, 5.41) is 4.75. The lowest BCUT2D eigenvalue weighted by molar-refractivity contribution is 0.194. The number of pyridine rings is 1. The van der Waals surface area contributed by atoms with Crippen LogP contribution in [0.3, 0.4) is 0 Å². The summed E-state index contributed by atoms with van der Waals surface area (Å²) in [6.07, 6.45) is 3.54. The van der Waals surface area contributed by atoms with Crippen molar-refractivity contribution in [1.82, 2.24) is 24.2 Å². The lowest BCUT2D eigenvalue weighted by Crippen LogP contribution is -2.47. The molecule has 4 rings (SSSR count). The average molecular weight is 397 g/mol. The van der Waals surface area contributed by atoms with Crippen LogP contribution in [0.25, 0.3) is 11.4 Å². The summed E-state index contributed by atoms with van der Waals surface area (Å²) in [6, 6.07) is 12.1. The van der Waals surface area contributed by atoms with Crippen molar-refractivity contribution in [3.63, 3.8) is 0 Å². The summed E-state index contributed by atoms with van der Waals surface area (Å²) < 4.78 is 10.1. The highest BCUT2D eigenvalue weighted by molar-refractivity contribution is 7.71. The van der Waals surface area contributed by atoms with E-state index < -0.39 is 0 Å². The van der Waals surface area contributed by atoms with E-state index in [1.165, 1.54) is 0 Å². The molecule has 0 saturated carbocycles. The molecule has 0 spiro atoms. The minimum absolute atomic E-state index is 0.692. The van der Waals surface area contributed by atoms with Gasteiger partial charge >= 0.3 is 0 Å². The molecular weight excluding hydrogens is 372 g/mol. The summed E-state index contributed by atoms with van der Waals surface area (Å²) in [4.78, 5) is 8.83. The minimum Gasteiger partial charge on any atom is -0.495 e. The van der Waals surface area contributed by atoms with Crippen molar-refractivity contribution in [3.05, 3.63) is 53.6 Å². The third-order valence-corrected chi connectivity index (χ3v) is 5.60. The summed E-state index contributed by atoms with van der Waals surface area (Å²) in [5.41, 5.74) is 2.17. The zero-order chi connectivity index (χ0) is 19.5. The van der Waals surface area contributed by atoms with E-state index in [0.717, 1.165) is 53.8 Å². The number of hydrogen-bond acceptors (Lipinski definition) is 6. The highest BCUT2D eigenvalue weighted by Gasteiger charge is 2.21. The third kappa shape index (κ3) is 3.65. The molecule has 0 aliphatic carbocycles. The molecule has 7 nitrogen and oxygen atoms in total. The fourth-order valence-electron chi connectivity index (χ4n) is 3.54. The molecule has 1 aliphatic rings. The SMILES string of the molecule is COc1ccccc1N1CCN(Cn2nc(-c3ccncc3)n(C)c2=S)CC1. The Bertz CT molecular complexity index is 991. The Morgan fingerprint density at radius 3 is 2.46 bits per heavy atom. The molecule has 0 radical (unpaired) electrons. The summed E-state index contributed by atoms with van der Waals surface area (Å²) in [7, 11) is 3.68. The van der Waals surface area contributed by atoms with Crippen molar-refractivity contribution in [2.45, 2.75) is 6.67 Å². The topological polar surface area (TPSA) is 51.4 Å². The maximum absolute atomic E-state index is 5.61. The Hall–Kier alpha value is -2.71. The lowest BCUT2D eigenvalue weighted by atomic mass is 10.2. The molecule has 3 heterocycles. The van der Waals surface area contributed by atoms with Crippen molar-refractivity contribution in [2.75, 3.05) is 38.2 Å². The van der Waals surface area contributed by atoms with Gasteiger partial charge in [-0.05, 0) is 36.5 Å². The molecule has 1 fully saturated rings. The highest BCUT2D eigenvalue weighted by atomic mass is 32.1. The number of methoxy groups -OCH3 is 1. The first kappa shape index (κ1) is 18.6. The zero-order valence-corrected chi connectivity index (χ0v) is 17.0. The molecule has 8 heteroatoms. The predicted molar refractivity (Wildman–Crippen MR) is 112 cm³/mol. The first-order valence-corrected chi connectivity index (χ1v) is 9.73. The number of nitrogens with zero attached hydrogens (tertiary/aromatic N) is 6. The van der Waals surface area contributed by atoms with E-state index in [-0.39, 0.29) is 0 Å². The molecule has 1 saturated heterocycles. The molecule has 0 atom stereocenters. The monoisotopic (exact) mass is 396 g/mol. The standard InChI is InChI=1S/C20H24N6OS/c1-23-19(16-7-9-21-10-8-16)22-26(20(23)28)15-24-11-13-25(14-12-24)17-5-3-4-6-18(17)27-2/h3-10H,11-15H2,1-2H3. The van der Waals surface area contributed by atoms with Crippen molar-refractivity contribution in [1.29, 1.82) is 0 Å². The van der Waals surface area contributed by atoms with Gasteiger partial charge in [-0.1, -0.05) is 12.1 Å². The molecule has 1 aliphatic heterocycles. The Balaban J connectivity index is 1.45. The van der Waals surface area contributed by atoms with E-state index in [4.69, 9.17) is 22.1 Å². The third-order valence-electron chi connectivity index (χ3n) is 5.11. The van der Waals surface area contributed by atoms with Gasteiger partial charge in [0.25, 0.3) is 0 Å². The van der Waals surface area contributed by atoms with Crippen LogP contribution in [0.4, 0.5) is 5.69 Å². The lowest BCUT2D eigenvalue weighted by Gasteiger charge is -2.36. The van der Waals surface area contributed by atoms with Crippen LogP contribution in [0.5, 0.6) is 5.75 Å². The number of hydrogen-bond donors (Lipinski definition) is 0. The molecule has 1 aromatic carbocycles. The van der Waals surface area contributed by atoms with Crippen LogP contribution in [0.2, 0.25) is 0 Å². The highest BCUT2D eigenvalue weighted by Crippen LogP contribution is 2.28. The van der Waals surface area contributed by atoms with E-state index in [9.17, 15) is 0 Å². The summed E-state index contributed by atoms with van der Waals surface area (Å²) in [6.45, 7) is 4.47. The fourth-order valence-corrected chi connectivity index (χ4v) is 3.73. The number of rotatable bonds is 5. The molecular formula is C20H24N6OS. The molecule has 146 valence electrons. The quantitative estimate of drug-likeness (QED) is 0.618. The molecule has 2 aromatic heterocycles. The van der Waals surface area contributed by atoms with Gasteiger partial charge < -0.3 is 14.2 Å². The number of ether oxygens (including phenoxy) is 1. The number of anilines is 1. The van der Waals surface area contributed by atoms with Gasteiger partial charge in [0.15, 0.2) is 10.6 Å². The van der Waals surface area contributed by atoms with Gasteiger partial charge in [0.05, 0.1) is 19.5 Å². The van der Waals surface area contributed by atoms with Crippen LogP contribution < -0.4 is 9.64 Å².